The molecule has 2 aromatic carbocycles. The Morgan fingerprint density at radius 1 is 1.03 bits per heavy atom. The van der Waals surface area contributed by atoms with Crippen molar-refractivity contribution in [1.82, 2.24) is 10.6 Å². The maximum absolute atomic E-state index is 12.1. The van der Waals surface area contributed by atoms with E-state index >= 15 is 0 Å². The molecule has 0 heterocycles. The van der Waals surface area contributed by atoms with E-state index in [1.165, 1.54) is 6.92 Å². The van der Waals surface area contributed by atoms with Crippen LogP contribution in [0.25, 0.3) is 11.1 Å². The van der Waals surface area contributed by atoms with E-state index in [9.17, 15) is 14.4 Å². The molecule has 3 N–H and O–H groups in total. The first kappa shape index (κ1) is 22.1. The van der Waals surface area contributed by atoms with E-state index in [0.29, 0.717) is 5.57 Å². The molecule has 0 fully saturated rings. The molecule has 0 radical (unpaired) electrons. The minimum Gasteiger partial charge on any atom is -0.481 e. The molecule has 0 aliphatic heterocycles. The Balaban J connectivity index is 1.49. The molecule has 0 bridgehead atoms. The Morgan fingerprint density at radius 2 is 1.61 bits per heavy atom. The van der Waals surface area contributed by atoms with Crippen molar-refractivity contribution in [3.63, 3.8) is 0 Å². The third kappa shape index (κ3) is 5.31. The summed E-state index contributed by atoms with van der Waals surface area (Å²) in [6, 6.07) is 16.2. The molecule has 3 rings (SSSR count). The van der Waals surface area contributed by atoms with E-state index in [2.05, 4.69) is 34.9 Å². The number of carbonyl (C=O) groups excluding carboxylic acids is 2. The Hall–Kier alpha value is -3.61. The number of fused-ring (bicyclic) bond motifs is 3. The lowest BCUT2D eigenvalue weighted by Gasteiger charge is -2.14. The zero-order valence-corrected chi connectivity index (χ0v) is 17.6. The van der Waals surface area contributed by atoms with Crippen LogP contribution in [0, 0.1) is 5.92 Å². The fraction of sp³-hybridized carbons (Fsp3) is 0.292. The predicted molar refractivity (Wildman–Crippen MR) is 117 cm³/mol. The fourth-order valence-electron chi connectivity index (χ4n) is 3.50. The number of carbonyl (C=O) groups is 3. The van der Waals surface area contributed by atoms with Gasteiger partial charge in [-0.3, -0.25) is 9.59 Å². The van der Waals surface area contributed by atoms with Crippen LogP contribution in [0.3, 0.4) is 0 Å². The minimum absolute atomic E-state index is 0.0163. The lowest BCUT2D eigenvalue weighted by Crippen LogP contribution is -2.32. The molecule has 7 heteroatoms. The van der Waals surface area contributed by atoms with E-state index in [0.717, 1.165) is 22.3 Å². The summed E-state index contributed by atoms with van der Waals surface area (Å²) in [5.74, 6) is -2.03. The van der Waals surface area contributed by atoms with Crippen molar-refractivity contribution in [3.8, 4) is 11.1 Å². The number of hydrogen-bond acceptors (Lipinski definition) is 4. The predicted octanol–water partition coefficient (Wildman–Crippen LogP) is 3.31. The van der Waals surface area contributed by atoms with Crippen LogP contribution in [0.2, 0.25) is 0 Å². The van der Waals surface area contributed by atoms with Gasteiger partial charge in [0.25, 0.3) is 0 Å². The second-order valence-corrected chi connectivity index (χ2v) is 7.54. The van der Waals surface area contributed by atoms with Gasteiger partial charge in [0.05, 0.1) is 5.92 Å². The summed E-state index contributed by atoms with van der Waals surface area (Å²) in [7, 11) is 0. The number of amides is 2. The van der Waals surface area contributed by atoms with E-state index in [-0.39, 0.29) is 31.5 Å². The van der Waals surface area contributed by atoms with Gasteiger partial charge < -0.3 is 20.5 Å². The maximum Gasteiger partial charge on any atom is 0.407 e. The van der Waals surface area contributed by atoms with Crippen LogP contribution >= 0.6 is 0 Å². The lowest BCUT2D eigenvalue weighted by atomic mass is 9.98. The smallest absolute Gasteiger partial charge is 0.407 e. The molecular formula is C24H26N2O5. The average Bonchev–Trinajstić information content (AvgIpc) is 3.09. The first-order chi connectivity index (χ1) is 14.9. The molecule has 1 atom stereocenters. The van der Waals surface area contributed by atoms with Crippen LogP contribution in [0.15, 0.2) is 60.2 Å². The minimum atomic E-state index is -0.973. The number of alkyl carbamates (subject to hydrolysis) is 1. The molecular weight excluding hydrogens is 396 g/mol. The second-order valence-electron chi connectivity index (χ2n) is 7.54. The molecule has 162 valence electrons. The molecule has 0 spiro atoms. The van der Waals surface area contributed by atoms with E-state index in [1.54, 1.807) is 13.0 Å². The summed E-state index contributed by atoms with van der Waals surface area (Å²) in [6.07, 6.45) is 0.994. The van der Waals surface area contributed by atoms with Crippen molar-refractivity contribution in [2.45, 2.75) is 19.8 Å². The molecule has 1 aliphatic rings. The monoisotopic (exact) mass is 422 g/mol. The van der Waals surface area contributed by atoms with Crippen molar-refractivity contribution in [2.75, 3.05) is 19.7 Å². The third-order valence-corrected chi connectivity index (χ3v) is 5.35. The van der Waals surface area contributed by atoms with E-state index in [1.807, 2.05) is 24.3 Å². The van der Waals surface area contributed by atoms with Crippen LogP contribution < -0.4 is 10.6 Å². The van der Waals surface area contributed by atoms with Gasteiger partial charge in [-0.25, -0.2) is 4.79 Å². The summed E-state index contributed by atoms with van der Waals surface area (Å²) < 4.78 is 5.44. The standard InChI is InChI=1S/C24H26N2O5/c1-15(22(27)26-13-16(2)23(28)29)11-12-25-24(30)31-14-21-19-9-5-3-7-17(19)18-8-4-6-10-20(18)21/h3-11,16,21H,12-14H2,1-2H3,(H,25,30)(H,26,27)(H,28,29)/b15-11+. The van der Waals surface area contributed by atoms with Crippen LogP contribution in [-0.4, -0.2) is 42.8 Å². The fourth-order valence-corrected chi connectivity index (χ4v) is 3.50. The summed E-state index contributed by atoms with van der Waals surface area (Å²) >= 11 is 0. The summed E-state index contributed by atoms with van der Waals surface area (Å²) in [4.78, 5) is 34.9. The number of carboxylic acids is 1. The molecule has 1 unspecified atom stereocenters. The Labute approximate surface area is 181 Å². The van der Waals surface area contributed by atoms with Gasteiger partial charge in [0, 0.05) is 24.6 Å². The zero-order chi connectivity index (χ0) is 22.4. The van der Waals surface area contributed by atoms with Crippen LogP contribution in [0.1, 0.15) is 30.9 Å². The van der Waals surface area contributed by atoms with Crippen LogP contribution in [0.4, 0.5) is 4.79 Å². The number of aliphatic carboxylic acids is 1. The Morgan fingerprint density at radius 3 is 2.19 bits per heavy atom. The highest BCUT2D eigenvalue weighted by Gasteiger charge is 2.28. The first-order valence-electron chi connectivity index (χ1n) is 10.1. The lowest BCUT2D eigenvalue weighted by molar-refractivity contribution is -0.141. The van der Waals surface area contributed by atoms with Gasteiger partial charge in [-0.2, -0.15) is 0 Å². The van der Waals surface area contributed by atoms with Crippen molar-refractivity contribution in [3.05, 3.63) is 71.3 Å². The summed E-state index contributed by atoms with van der Waals surface area (Å²) in [5.41, 5.74) is 4.98. The summed E-state index contributed by atoms with van der Waals surface area (Å²) in [5, 5.41) is 14.0. The molecule has 1 aliphatic carbocycles. The van der Waals surface area contributed by atoms with Gasteiger partial charge >= 0.3 is 12.1 Å². The number of carboxylic acid groups (broad SMARTS) is 1. The maximum atomic E-state index is 12.1. The largest absolute Gasteiger partial charge is 0.481 e. The second kappa shape index (κ2) is 9.93. The highest BCUT2D eigenvalue weighted by Crippen LogP contribution is 2.44. The van der Waals surface area contributed by atoms with Gasteiger partial charge in [-0.05, 0) is 29.2 Å². The van der Waals surface area contributed by atoms with Gasteiger partial charge in [0.2, 0.25) is 5.91 Å². The Kier molecular flexibility index (Phi) is 7.07. The van der Waals surface area contributed by atoms with Crippen molar-refractivity contribution < 1.29 is 24.2 Å². The van der Waals surface area contributed by atoms with Crippen molar-refractivity contribution in [1.29, 1.82) is 0 Å². The van der Waals surface area contributed by atoms with Gasteiger partial charge in [0.1, 0.15) is 6.61 Å². The quantitative estimate of drug-likeness (QED) is 0.566. The number of nitrogens with one attached hydrogen (secondary N) is 2. The van der Waals surface area contributed by atoms with Gasteiger partial charge in [0.15, 0.2) is 0 Å². The molecule has 7 nitrogen and oxygen atoms in total. The molecule has 31 heavy (non-hydrogen) atoms. The normalized spacial score (nSPS) is 13.7. The number of hydrogen-bond donors (Lipinski definition) is 3. The Bertz CT molecular complexity index is 969. The number of ether oxygens (including phenoxy) is 1. The summed E-state index contributed by atoms with van der Waals surface area (Å²) in [6.45, 7) is 3.50. The van der Waals surface area contributed by atoms with Crippen LogP contribution in [-0.2, 0) is 14.3 Å². The number of rotatable bonds is 8. The highest BCUT2D eigenvalue weighted by molar-refractivity contribution is 5.93. The van der Waals surface area contributed by atoms with Gasteiger partial charge in [-0.15, -0.1) is 0 Å². The average molecular weight is 422 g/mol. The zero-order valence-electron chi connectivity index (χ0n) is 17.6. The van der Waals surface area contributed by atoms with Crippen LogP contribution in [0.5, 0.6) is 0 Å². The third-order valence-electron chi connectivity index (χ3n) is 5.35. The SMILES string of the molecule is C/C(=C\CNC(=O)OCC1c2ccccc2-c2ccccc21)C(=O)NCC(C)C(=O)O. The molecule has 0 saturated carbocycles. The van der Waals surface area contributed by atoms with Crippen molar-refractivity contribution >= 4 is 18.0 Å². The topological polar surface area (TPSA) is 105 Å². The molecule has 0 aromatic heterocycles. The highest BCUT2D eigenvalue weighted by atomic mass is 16.5. The van der Waals surface area contributed by atoms with Crippen molar-refractivity contribution in [2.24, 2.45) is 5.92 Å². The van der Waals surface area contributed by atoms with Gasteiger partial charge in [-0.1, -0.05) is 61.5 Å². The molecule has 2 amide bonds. The first-order valence-corrected chi connectivity index (χ1v) is 10.1. The number of benzene rings is 2. The molecule has 2 aromatic rings. The molecule has 0 saturated heterocycles. The van der Waals surface area contributed by atoms with E-state index in [4.69, 9.17) is 9.84 Å². The van der Waals surface area contributed by atoms with E-state index < -0.39 is 18.0 Å².